The maximum atomic E-state index is 6.72. The van der Waals surface area contributed by atoms with Crippen LogP contribution in [0.3, 0.4) is 0 Å². The van der Waals surface area contributed by atoms with Gasteiger partial charge in [-0.05, 0) is 83.9 Å². The Kier molecular flexibility index (Phi) is 6.18. The fourth-order valence-corrected chi connectivity index (χ4v) is 9.44. The highest BCUT2D eigenvalue weighted by Crippen LogP contribution is 2.43. The molecule has 0 aliphatic carbocycles. The first-order valence-corrected chi connectivity index (χ1v) is 18.9. The summed E-state index contributed by atoms with van der Waals surface area (Å²) in [5.41, 5.74) is 11.8. The Morgan fingerprint density at radius 3 is 1.91 bits per heavy atom. The first kappa shape index (κ1) is 29.6. The van der Waals surface area contributed by atoms with E-state index in [1.54, 1.807) is 0 Å². The van der Waals surface area contributed by atoms with Crippen LogP contribution in [0, 0.1) is 0 Å². The van der Waals surface area contributed by atoms with Crippen LogP contribution >= 0.6 is 11.3 Å². The van der Waals surface area contributed by atoms with Crippen molar-refractivity contribution in [2.24, 2.45) is 0 Å². The maximum absolute atomic E-state index is 6.72. The molecular weight excluding hydrogens is 681 g/mol. The summed E-state index contributed by atoms with van der Waals surface area (Å²) < 4.78 is 18.1. The van der Waals surface area contributed by atoms with Gasteiger partial charge in [-0.15, -0.1) is 11.3 Å². The lowest BCUT2D eigenvalue weighted by Crippen LogP contribution is -1.93. The molecule has 5 heteroatoms. The minimum Gasteiger partial charge on any atom is -0.455 e. The molecule has 0 unspecified atom stereocenters. The van der Waals surface area contributed by atoms with Crippen LogP contribution in [0.15, 0.2) is 179 Å². The normalized spacial score (nSPS) is 12.1. The fraction of sp³-hybridized carbons (Fsp3) is 0. The third kappa shape index (κ3) is 4.33. The van der Waals surface area contributed by atoms with Gasteiger partial charge in [-0.1, -0.05) is 97.1 Å². The van der Waals surface area contributed by atoms with Gasteiger partial charge in [0.05, 0.1) is 11.0 Å². The van der Waals surface area contributed by atoms with Gasteiger partial charge >= 0.3 is 0 Å². The number of rotatable bonds is 4. The molecule has 0 N–H and O–H groups in total. The lowest BCUT2D eigenvalue weighted by molar-refractivity contribution is 0.620. The molecule has 0 saturated carbocycles. The molecule has 4 nitrogen and oxygen atoms in total. The number of para-hydroxylation sites is 4. The van der Waals surface area contributed by atoms with E-state index in [2.05, 4.69) is 162 Å². The van der Waals surface area contributed by atoms with Gasteiger partial charge in [-0.25, -0.2) is 4.98 Å². The SMILES string of the molecule is c1ccc2c(c1)oc1c(-c3cc(-c4ccc5sc6ccccc6c5c4)c4nc(-c5ccc(-n6c7ccccc7c7ccccc76)cc5)oc4c3)cccc12. The molecule has 12 rings (SSSR count). The fourth-order valence-electron chi connectivity index (χ4n) is 8.35. The highest BCUT2D eigenvalue weighted by molar-refractivity contribution is 7.25. The van der Waals surface area contributed by atoms with Crippen molar-refractivity contribution in [2.45, 2.75) is 0 Å². The summed E-state index contributed by atoms with van der Waals surface area (Å²) in [6, 6.07) is 60.1. The zero-order valence-electron chi connectivity index (χ0n) is 28.8. The van der Waals surface area contributed by atoms with Gasteiger partial charge in [-0.2, -0.15) is 0 Å². The van der Waals surface area contributed by atoms with E-state index >= 15 is 0 Å². The molecule has 54 heavy (non-hydrogen) atoms. The average molecular weight is 709 g/mol. The second-order valence-corrected chi connectivity index (χ2v) is 15.0. The van der Waals surface area contributed by atoms with E-state index in [0.717, 1.165) is 66.5 Å². The third-order valence-corrected chi connectivity index (χ3v) is 12.0. The molecule has 0 amide bonds. The van der Waals surface area contributed by atoms with E-state index in [9.17, 15) is 0 Å². The molecule has 4 heterocycles. The molecule has 0 fully saturated rings. The molecule has 0 aliphatic rings. The molecule has 0 saturated heterocycles. The van der Waals surface area contributed by atoms with E-state index in [1.165, 1.54) is 42.0 Å². The highest BCUT2D eigenvalue weighted by Gasteiger charge is 2.20. The van der Waals surface area contributed by atoms with Gasteiger partial charge in [0.15, 0.2) is 5.58 Å². The van der Waals surface area contributed by atoms with Crippen molar-refractivity contribution in [3.8, 4) is 39.4 Å². The average Bonchev–Trinajstić information content (AvgIpc) is 4.01. The van der Waals surface area contributed by atoms with Crippen LogP contribution in [0.2, 0.25) is 0 Å². The summed E-state index contributed by atoms with van der Waals surface area (Å²) in [4.78, 5) is 5.22. The molecule has 252 valence electrons. The topological polar surface area (TPSA) is 44.1 Å². The van der Waals surface area contributed by atoms with Crippen molar-refractivity contribution in [2.75, 3.05) is 0 Å². The van der Waals surface area contributed by atoms with Crippen molar-refractivity contribution < 1.29 is 8.83 Å². The number of hydrogen-bond donors (Lipinski definition) is 0. The first-order chi connectivity index (χ1) is 26.7. The first-order valence-electron chi connectivity index (χ1n) is 18.1. The molecule has 0 spiro atoms. The van der Waals surface area contributed by atoms with Crippen LogP contribution in [-0.4, -0.2) is 9.55 Å². The molecular formula is C49H28N2O2S. The Hall–Kier alpha value is -6.95. The number of benzene rings is 8. The minimum absolute atomic E-state index is 0.584. The lowest BCUT2D eigenvalue weighted by Gasteiger charge is -2.08. The number of oxazole rings is 1. The summed E-state index contributed by atoms with van der Waals surface area (Å²) in [7, 11) is 0. The standard InChI is InChI=1S/C49H28N2O2S/c1-5-16-41-34(10-1)35-11-2-6-17-42(35)51(41)32-23-20-29(21-24-32)49-50-47-39(30-22-25-46-40(26-30)37-13-4-8-19-45(37)54-46)27-31(28-44(47)53-49)33-14-9-15-38-36-12-3-7-18-43(36)52-48(33)38/h1-28H. The quantitative estimate of drug-likeness (QED) is 0.183. The zero-order chi connectivity index (χ0) is 35.3. The summed E-state index contributed by atoms with van der Waals surface area (Å²) in [5.74, 6) is 0.584. The predicted octanol–water partition coefficient (Wildman–Crippen LogP) is 14.2. The van der Waals surface area contributed by atoms with Gasteiger partial charge in [-0.3, -0.25) is 0 Å². The largest absolute Gasteiger partial charge is 0.455 e. The third-order valence-electron chi connectivity index (χ3n) is 10.9. The van der Waals surface area contributed by atoms with E-state index in [1.807, 2.05) is 23.5 Å². The van der Waals surface area contributed by atoms with Gasteiger partial charge < -0.3 is 13.4 Å². The Balaban J connectivity index is 1.05. The summed E-state index contributed by atoms with van der Waals surface area (Å²) >= 11 is 1.83. The van der Waals surface area contributed by atoms with Gasteiger partial charge in [0.1, 0.15) is 16.7 Å². The van der Waals surface area contributed by atoms with E-state index in [0.29, 0.717) is 5.89 Å². The van der Waals surface area contributed by atoms with Crippen molar-refractivity contribution >= 4 is 86.4 Å². The molecule has 0 radical (unpaired) electrons. The number of thiophene rings is 1. The summed E-state index contributed by atoms with van der Waals surface area (Å²) in [5, 5.41) is 7.20. The highest BCUT2D eigenvalue weighted by atomic mass is 32.1. The van der Waals surface area contributed by atoms with Crippen molar-refractivity contribution in [3.63, 3.8) is 0 Å². The van der Waals surface area contributed by atoms with Crippen LogP contribution in [0.1, 0.15) is 0 Å². The second kappa shape index (κ2) is 11.3. The Morgan fingerprint density at radius 1 is 0.426 bits per heavy atom. The Morgan fingerprint density at radius 2 is 1.09 bits per heavy atom. The number of aromatic nitrogens is 2. The van der Waals surface area contributed by atoms with Crippen LogP contribution in [0.5, 0.6) is 0 Å². The van der Waals surface area contributed by atoms with Gasteiger partial charge in [0.25, 0.3) is 0 Å². The molecule has 0 aliphatic heterocycles. The number of furan rings is 1. The monoisotopic (exact) mass is 708 g/mol. The second-order valence-electron chi connectivity index (χ2n) is 13.9. The van der Waals surface area contributed by atoms with Crippen molar-refractivity contribution in [1.82, 2.24) is 9.55 Å². The van der Waals surface area contributed by atoms with E-state index < -0.39 is 0 Å². The maximum Gasteiger partial charge on any atom is 0.227 e. The van der Waals surface area contributed by atoms with Crippen LogP contribution in [0.25, 0.3) is 114 Å². The number of fused-ring (bicyclic) bond motifs is 10. The lowest BCUT2D eigenvalue weighted by atomic mass is 9.95. The molecule has 12 aromatic rings. The van der Waals surface area contributed by atoms with Crippen molar-refractivity contribution in [3.05, 3.63) is 170 Å². The van der Waals surface area contributed by atoms with E-state index in [-0.39, 0.29) is 0 Å². The van der Waals surface area contributed by atoms with Gasteiger partial charge in [0.2, 0.25) is 5.89 Å². The number of hydrogen-bond acceptors (Lipinski definition) is 4. The van der Waals surface area contributed by atoms with Crippen LogP contribution < -0.4 is 0 Å². The van der Waals surface area contributed by atoms with Crippen LogP contribution in [0.4, 0.5) is 0 Å². The zero-order valence-corrected chi connectivity index (χ0v) is 29.6. The molecule has 0 bridgehead atoms. The van der Waals surface area contributed by atoms with Crippen molar-refractivity contribution in [1.29, 1.82) is 0 Å². The Bertz CT molecular complexity index is 3400. The Labute approximate surface area is 312 Å². The number of nitrogens with zero attached hydrogens (tertiary/aromatic N) is 2. The van der Waals surface area contributed by atoms with Crippen LogP contribution in [-0.2, 0) is 0 Å². The predicted molar refractivity (Wildman–Crippen MR) is 225 cm³/mol. The van der Waals surface area contributed by atoms with E-state index in [4.69, 9.17) is 13.8 Å². The summed E-state index contributed by atoms with van der Waals surface area (Å²) in [6.45, 7) is 0. The molecule has 4 aromatic heterocycles. The van der Waals surface area contributed by atoms with Gasteiger partial charge in [0, 0.05) is 64.1 Å². The molecule has 8 aromatic carbocycles. The smallest absolute Gasteiger partial charge is 0.227 e. The molecule has 0 atom stereocenters. The summed E-state index contributed by atoms with van der Waals surface area (Å²) in [6.07, 6.45) is 0. The minimum atomic E-state index is 0.584.